The number of likely N-dealkylation sites (tertiary alicyclic amines) is 1. The minimum atomic E-state index is -0.658. The maximum atomic E-state index is 13.6. The van der Waals surface area contributed by atoms with E-state index >= 15 is 0 Å². The summed E-state index contributed by atoms with van der Waals surface area (Å²) in [4.78, 5) is 4.99. The first-order valence-corrected chi connectivity index (χ1v) is 6.84. The van der Waals surface area contributed by atoms with Crippen LogP contribution in [0, 0.1) is 11.7 Å². The maximum absolute atomic E-state index is 13.6. The Morgan fingerprint density at radius 3 is 2.84 bits per heavy atom. The second-order valence-electron chi connectivity index (χ2n) is 5.50. The second kappa shape index (κ2) is 4.94. The fourth-order valence-electron chi connectivity index (χ4n) is 2.83. The third kappa shape index (κ3) is 2.26. The van der Waals surface area contributed by atoms with Gasteiger partial charge in [-0.15, -0.1) is 0 Å². The molecule has 19 heavy (non-hydrogen) atoms. The number of aromatic amines is 1. The first-order chi connectivity index (χ1) is 9.16. The molecule has 1 atom stereocenters. The predicted molar refractivity (Wildman–Crippen MR) is 73.2 cm³/mol. The van der Waals surface area contributed by atoms with Crippen molar-refractivity contribution in [2.75, 3.05) is 13.1 Å². The van der Waals surface area contributed by atoms with Gasteiger partial charge in [-0.25, -0.2) is 4.39 Å². The second-order valence-corrected chi connectivity index (χ2v) is 5.50. The molecule has 1 aromatic carbocycles. The largest absolute Gasteiger partial charge is 0.374 e. The highest BCUT2D eigenvalue weighted by Gasteiger charge is 2.24. The molecule has 3 rings (SSSR count). The summed E-state index contributed by atoms with van der Waals surface area (Å²) in [5.74, 6) is 0.457. The molecule has 0 bridgehead atoms. The summed E-state index contributed by atoms with van der Waals surface area (Å²) >= 11 is 0. The highest BCUT2D eigenvalue weighted by molar-refractivity contribution is 5.83. The van der Waals surface area contributed by atoms with E-state index in [9.17, 15) is 9.50 Å². The fraction of sp³-hybridized carbons (Fsp3) is 0.467. The molecule has 1 saturated heterocycles. The Morgan fingerprint density at radius 2 is 2.11 bits per heavy atom. The molecule has 2 N–H and O–H groups in total. The number of hydrogen-bond donors (Lipinski definition) is 2. The minimum absolute atomic E-state index is 0.267. The lowest BCUT2D eigenvalue weighted by Gasteiger charge is -2.34. The molecule has 2 aromatic rings. The molecule has 0 radical (unpaired) electrons. The van der Waals surface area contributed by atoms with Crippen molar-refractivity contribution >= 4 is 10.9 Å². The van der Waals surface area contributed by atoms with E-state index in [0.29, 0.717) is 10.9 Å². The lowest BCUT2D eigenvalue weighted by Crippen LogP contribution is -2.36. The molecule has 1 aromatic heterocycles. The Bertz CT molecular complexity index is 573. The summed E-state index contributed by atoms with van der Waals surface area (Å²) in [6, 6.07) is 5.39. The van der Waals surface area contributed by atoms with Crippen molar-refractivity contribution in [3.8, 4) is 0 Å². The van der Waals surface area contributed by atoms with Gasteiger partial charge in [0, 0.05) is 30.2 Å². The number of aromatic nitrogens is 1. The number of piperidine rings is 1. The molecule has 1 aliphatic heterocycles. The number of H-pyrrole nitrogens is 1. The Hall–Kier alpha value is -1.39. The van der Waals surface area contributed by atoms with Gasteiger partial charge in [-0.05, 0) is 24.8 Å². The summed E-state index contributed by atoms with van der Waals surface area (Å²) in [6.07, 6.45) is 2.89. The van der Waals surface area contributed by atoms with Crippen molar-refractivity contribution < 1.29 is 9.50 Å². The van der Waals surface area contributed by atoms with Crippen LogP contribution >= 0.6 is 0 Å². The summed E-state index contributed by atoms with van der Waals surface area (Å²) in [5.41, 5.74) is 1.46. The van der Waals surface area contributed by atoms with Crippen molar-refractivity contribution in [3.63, 3.8) is 0 Å². The summed E-state index contributed by atoms with van der Waals surface area (Å²) in [6.45, 7) is 4.02. The fourth-order valence-corrected chi connectivity index (χ4v) is 2.83. The maximum Gasteiger partial charge on any atom is 0.148 e. The highest BCUT2D eigenvalue weighted by Crippen LogP contribution is 2.29. The van der Waals surface area contributed by atoms with Crippen LogP contribution in [0.25, 0.3) is 10.9 Å². The quantitative estimate of drug-likeness (QED) is 0.873. The first kappa shape index (κ1) is 12.6. The molecule has 0 aliphatic carbocycles. The topological polar surface area (TPSA) is 39.3 Å². The molecule has 2 heterocycles. The summed E-state index contributed by atoms with van der Waals surface area (Å²) in [5, 5.41) is 11.1. The number of nitrogens with zero attached hydrogens (tertiary/aromatic N) is 1. The molecular weight excluding hydrogens is 243 g/mol. The van der Waals surface area contributed by atoms with Gasteiger partial charge in [0.05, 0.1) is 5.52 Å². The van der Waals surface area contributed by atoms with Gasteiger partial charge in [-0.1, -0.05) is 19.1 Å². The standard InChI is InChI=1S/C15H19FN2O/c1-10-5-7-18(8-6-10)15(19)12-4-2-3-11-13(16)9-17-14(11)12/h2-4,9-10,15,17,19H,5-8H2,1H3. The van der Waals surface area contributed by atoms with Gasteiger partial charge in [-0.3, -0.25) is 4.90 Å². The van der Waals surface area contributed by atoms with E-state index < -0.39 is 6.23 Å². The molecule has 102 valence electrons. The van der Waals surface area contributed by atoms with E-state index in [1.54, 1.807) is 12.1 Å². The van der Waals surface area contributed by atoms with Crippen molar-refractivity contribution in [1.82, 2.24) is 9.88 Å². The van der Waals surface area contributed by atoms with E-state index in [-0.39, 0.29) is 5.82 Å². The van der Waals surface area contributed by atoms with Crippen LogP contribution in [0.4, 0.5) is 4.39 Å². The van der Waals surface area contributed by atoms with Crippen molar-refractivity contribution in [2.24, 2.45) is 5.92 Å². The number of fused-ring (bicyclic) bond motifs is 1. The van der Waals surface area contributed by atoms with Gasteiger partial charge in [0.15, 0.2) is 0 Å². The third-order valence-corrected chi connectivity index (χ3v) is 4.14. The first-order valence-electron chi connectivity index (χ1n) is 6.84. The molecule has 1 fully saturated rings. The number of nitrogens with one attached hydrogen (secondary N) is 1. The summed E-state index contributed by atoms with van der Waals surface area (Å²) in [7, 11) is 0. The van der Waals surface area contributed by atoms with E-state index in [1.807, 2.05) is 6.07 Å². The molecule has 0 spiro atoms. The number of rotatable bonds is 2. The van der Waals surface area contributed by atoms with Gasteiger partial charge in [0.25, 0.3) is 0 Å². The van der Waals surface area contributed by atoms with Crippen LogP contribution < -0.4 is 0 Å². The van der Waals surface area contributed by atoms with Crippen molar-refractivity contribution in [2.45, 2.75) is 26.0 Å². The molecule has 4 heteroatoms. The molecule has 1 unspecified atom stereocenters. The van der Waals surface area contributed by atoms with Crippen LogP contribution in [0.1, 0.15) is 31.6 Å². The smallest absolute Gasteiger partial charge is 0.148 e. The lowest BCUT2D eigenvalue weighted by atomic mass is 9.98. The zero-order chi connectivity index (χ0) is 13.4. The predicted octanol–water partition coefficient (Wildman–Crippen LogP) is 3.03. The molecule has 0 saturated carbocycles. The molecule has 1 aliphatic rings. The van der Waals surface area contributed by atoms with E-state index in [4.69, 9.17) is 0 Å². The normalized spacial score (nSPS) is 19.9. The van der Waals surface area contributed by atoms with Crippen LogP contribution in [0.3, 0.4) is 0 Å². The number of para-hydroxylation sites is 1. The van der Waals surface area contributed by atoms with Gasteiger partial charge < -0.3 is 10.1 Å². The van der Waals surface area contributed by atoms with Crippen LogP contribution in [-0.4, -0.2) is 28.1 Å². The zero-order valence-electron chi connectivity index (χ0n) is 11.1. The monoisotopic (exact) mass is 262 g/mol. The van der Waals surface area contributed by atoms with E-state index in [2.05, 4.69) is 16.8 Å². The van der Waals surface area contributed by atoms with Gasteiger partial charge in [-0.2, -0.15) is 0 Å². The molecule has 0 amide bonds. The molecular formula is C15H19FN2O. The summed E-state index contributed by atoms with van der Waals surface area (Å²) < 4.78 is 13.6. The van der Waals surface area contributed by atoms with Crippen LogP contribution in [0.15, 0.2) is 24.4 Å². The Morgan fingerprint density at radius 1 is 1.37 bits per heavy atom. The Balaban J connectivity index is 1.91. The SMILES string of the molecule is CC1CCN(C(O)c2cccc3c(F)c[nH]c23)CC1. The Labute approximate surface area is 112 Å². The van der Waals surface area contributed by atoms with Crippen LogP contribution in [0.5, 0.6) is 0 Å². The zero-order valence-corrected chi connectivity index (χ0v) is 11.1. The number of halogens is 1. The van der Waals surface area contributed by atoms with E-state index in [0.717, 1.165) is 37.4 Å². The van der Waals surface area contributed by atoms with Gasteiger partial charge >= 0.3 is 0 Å². The lowest BCUT2D eigenvalue weighted by molar-refractivity contribution is -0.0165. The third-order valence-electron chi connectivity index (χ3n) is 4.14. The van der Waals surface area contributed by atoms with Crippen molar-refractivity contribution in [3.05, 3.63) is 35.8 Å². The Kier molecular flexibility index (Phi) is 3.29. The average molecular weight is 262 g/mol. The minimum Gasteiger partial charge on any atom is -0.374 e. The van der Waals surface area contributed by atoms with Crippen LogP contribution in [-0.2, 0) is 0 Å². The molecule has 3 nitrogen and oxygen atoms in total. The van der Waals surface area contributed by atoms with Crippen molar-refractivity contribution in [1.29, 1.82) is 0 Å². The number of hydrogen-bond acceptors (Lipinski definition) is 2. The number of aliphatic hydroxyl groups is 1. The number of aliphatic hydroxyl groups excluding tert-OH is 1. The van der Waals surface area contributed by atoms with Gasteiger partial charge in [0.1, 0.15) is 12.0 Å². The van der Waals surface area contributed by atoms with Gasteiger partial charge in [0.2, 0.25) is 0 Å². The van der Waals surface area contributed by atoms with Crippen LogP contribution in [0.2, 0.25) is 0 Å². The number of benzene rings is 1. The van der Waals surface area contributed by atoms with E-state index in [1.165, 1.54) is 6.20 Å². The average Bonchev–Trinajstić information content (AvgIpc) is 2.81. The highest BCUT2D eigenvalue weighted by atomic mass is 19.1.